The van der Waals surface area contributed by atoms with Crippen LogP contribution in [0.15, 0.2) is 0 Å². The maximum atomic E-state index is 5.34. The van der Waals surface area contributed by atoms with E-state index in [-0.39, 0.29) is 0 Å². The minimum atomic E-state index is 0.580. The monoisotopic (exact) mass is 196 g/mol. The SMILES string of the molecule is CCCc1nc(NN)c(C)c(OC)n1. The van der Waals surface area contributed by atoms with Gasteiger partial charge in [0.1, 0.15) is 11.6 Å². The fourth-order valence-electron chi connectivity index (χ4n) is 1.21. The van der Waals surface area contributed by atoms with Crippen molar-refractivity contribution >= 4 is 5.82 Å². The lowest BCUT2D eigenvalue weighted by molar-refractivity contribution is 0.391. The first-order valence-electron chi connectivity index (χ1n) is 4.61. The van der Waals surface area contributed by atoms with Crippen molar-refractivity contribution in [1.82, 2.24) is 9.97 Å². The highest BCUT2D eigenvalue weighted by Crippen LogP contribution is 2.21. The molecule has 78 valence electrons. The summed E-state index contributed by atoms with van der Waals surface area (Å²) in [5, 5.41) is 0. The zero-order valence-electron chi connectivity index (χ0n) is 8.79. The number of hydrogen-bond donors (Lipinski definition) is 2. The Kier molecular flexibility index (Phi) is 3.64. The van der Waals surface area contributed by atoms with Gasteiger partial charge in [-0.25, -0.2) is 10.8 Å². The number of nitrogens with two attached hydrogens (primary N) is 1. The Balaban J connectivity index is 3.11. The van der Waals surface area contributed by atoms with Crippen LogP contribution in [0.25, 0.3) is 0 Å². The predicted octanol–water partition coefficient (Wildman–Crippen LogP) is 1.03. The molecule has 1 aromatic rings. The first-order chi connectivity index (χ1) is 6.72. The number of nitrogen functional groups attached to an aromatic ring is 1. The molecule has 5 nitrogen and oxygen atoms in total. The number of ether oxygens (including phenoxy) is 1. The molecule has 0 spiro atoms. The van der Waals surface area contributed by atoms with Gasteiger partial charge in [0.15, 0.2) is 0 Å². The molecule has 0 amide bonds. The van der Waals surface area contributed by atoms with Crippen molar-refractivity contribution in [2.45, 2.75) is 26.7 Å². The topological polar surface area (TPSA) is 73.1 Å². The molecule has 0 aromatic carbocycles. The van der Waals surface area contributed by atoms with E-state index in [1.165, 1.54) is 0 Å². The van der Waals surface area contributed by atoms with Crippen molar-refractivity contribution in [2.75, 3.05) is 12.5 Å². The Hall–Kier alpha value is -1.36. The highest BCUT2D eigenvalue weighted by atomic mass is 16.5. The van der Waals surface area contributed by atoms with E-state index in [9.17, 15) is 0 Å². The van der Waals surface area contributed by atoms with Gasteiger partial charge in [-0.15, -0.1) is 0 Å². The quantitative estimate of drug-likeness (QED) is 0.556. The lowest BCUT2D eigenvalue weighted by atomic mass is 10.3. The molecule has 0 saturated heterocycles. The van der Waals surface area contributed by atoms with E-state index < -0.39 is 0 Å². The normalized spacial score (nSPS) is 10.0. The molecule has 1 rings (SSSR count). The molecular formula is C9H16N4O. The Morgan fingerprint density at radius 1 is 1.43 bits per heavy atom. The van der Waals surface area contributed by atoms with E-state index in [0.717, 1.165) is 24.2 Å². The summed E-state index contributed by atoms with van der Waals surface area (Å²) in [5.41, 5.74) is 3.37. The van der Waals surface area contributed by atoms with Gasteiger partial charge in [0.05, 0.1) is 12.7 Å². The summed E-state index contributed by atoms with van der Waals surface area (Å²) in [6.07, 6.45) is 1.82. The fourth-order valence-corrected chi connectivity index (χ4v) is 1.21. The summed E-state index contributed by atoms with van der Waals surface area (Å²) in [7, 11) is 1.59. The molecule has 1 aromatic heterocycles. The van der Waals surface area contributed by atoms with Gasteiger partial charge in [0.2, 0.25) is 5.88 Å². The smallest absolute Gasteiger partial charge is 0.221 e. The number of nitrogens with one attached hydrogen (secondary N) is 1. The van der Waals surface area contributed by atoms with Gasteiger partial charge < -0.3 is 10.2 Å². The Bertz CT molecular complexity index is 289. The molecule has 0 aliphatic carbocycles. The van der Waals surface area contributed by atoms with Crippen LogP contribution in [0.3, 0.4) is 0 Å². The third-order valence-electron chi connectivity index (χ3n) is 1.95. The zero-order chi connectivity index (χ0) is 10.6. The lowest BCUT2D eigenvalue weighted by Gasteiger charge is -2.10. The minimum absolute atomic E-state index is 0.580. The van der Waals surface area contributed by atoms with Crippen molar-refractivity contribution in [3.8, 4) is 5.88 Å². The average molecular weight is 196 g/mol. The standard InChI is InChI=1S/C9H16N4O/c1-4-5-7-11-8(13-10)6(2)9(12-7)14-3/h4-5,10H2,1-3H3,(H,11,12,13). The van der Waals surface area contributed by atoms with Gasteiger partial charge >= 0.3 is 0 Å². The van der Waals surface area contributed by atoms with Crippen LogP contribution in [0, 0.1) is 6.92 Å². The van der Waals surface area contributed by atoms with E-state index in [1.807, 2.05) is 6.92 Å². The van der Waals surface area contributed by atoms with Crippen LogP contribution in [-0.2, 0) is 6.42 Å². The second-order valence-corrected chi connectivity index (χ2v) is 3.02. The number of hydrogen-bond acceptors (Lipinski definition) is 5. The van der Waals surface area contributed by atoms with Crippen LogP contribution in [0.5, 0.6) is 5.88 Å². The molecule has 0 aliphatic rings. The number of hydrazine groups is 1. The summed E-state index contributed by atoms with van der Waals surface area (Å²) >= 11 is 0. The Morgan fingerprint density at radius 2 is 2.14 bits per heavy atom. The maximum absolute atomic E-state index is 5.34. The molecule has 0 fully saturated rings. The van der Waals surface area contributed by atoms with Crippen molar-refractivity contribution in [3.05, 3.63) is 11.4 Å². The summed E-state index contributed by atoms with van der Waals surface area (Å²) in [6, 6.07) is 0. The third-order valence-corrected chi connectivity index (χ3v) is 1.95. The second-order valence-electron chi connectivity index (χ2n) is 3.02. The number of rotatable bonds is 4. The predicted molar refractivity (Wildman–Crippen MR) is 55.1 cm³/mol. The van der Waals surface area contributed by atoms with Crippen molar-refractivity contribution in [3.63, 3.8) is 0 Å². The molecule has 1 heterocycles. The van der Waals surface area contributed by atoms with Crippen molar-refractivity contribution in [1.29, 1.82) is 0 Å². The molecule has 0 radical (unpaired) electrons. The minimum Gasteiger partial charge on any atom is -0.481 e. The first-order valence-corrected chi connectivity index (χ1v) is 4.61. The molecule has 0 saturated carbocycles. The van der Waals surface area contributed by atoms with Crippen molar-refractivity contribution in [2.24, 2.45) is 5.84 Å². The second kappa shape index (κ2) is 4.76. The number of anilines is 1. The largest absolute Gasteiger partial charge is 0.481 e. The number of aromatic nitrogens is 2. The van der Waals surface area contributed by atoms with Gasteiger partial charge in [-0.05, 0) is 13.3 Å². The average Bonchev–Trinajstić information content (AvgIpc) is 2.20. The number of methoxy groups -OCH3 is 1. The van der Waals surface area contributed by atoms with Crippen LogP contribution >= 0.6 is 0 Å². The first kappa shape index (κ1) is 10.7. The molecular weight excluding hydrogens is 180 g/mol. The van der Waals surface area contributed by atoms with E-state index in [0.29, 0.717) is 11.7 Å². The van der Waals surface area contributed by atoms with Crippen LogP contribution < -0.4 is 16.0 Å². The Labute approximate surface area is 83.7 Å². The van der Waals surface area contributed by atoms with Crippen LogP contribution in [0.2, 0.25) is 0 Å². The van der Waals surface area contributed by atoms with Gasteiger partial charge in [-0.1, -0.05) is 6.92 Å². The van der Waals surface area contributed by atoms with Crippen LogP contribution in [0.1, 0.15) is 24.7 Å². The number of aryl methyl sites for hydroxylation is 1. The van der Waals surface area contributed by atoms with Gasteiger partial charge in [-0.3, -0.25) is 0 Å². The molecule has 0 unspecified atom stereocenters. The molecule has 0 bridgehead atoms. The summed E-state index contributed by atoms with van der Waals surface area (Å²) in [5.74, 6) is 7.30. The van der Waals surface area contributed by atoms with Crippen LogP contribution in [0.4, 0.5) is 5.82 Å². The van der Waals surface area contributed by atoms with Gasteiger partial charge in [0.25, 0.3) is 0 Å². The van der Waals surface area contributed by atoms with Gasteiger partial charge in [-0.2, -0.15) is 4.98 Å². The zero-order valence-corrected chi connectivity index (χ0v) is 8.79. The lowest BCUT2D eigenvalue weighted by Crippen LogP contribution is -2.13. The van der Waals surface area contributed by atoms with E-state index >= 15 is 0 Å². The summed E-state index contributed by atoms with van der Waals surface area (Å²) in [4.78, 5) is 8.52. The molecule has 0 aliphatic heterocycles. The summed E-state index contributed by atoms with van der Waals surface area (Å²) < 4.78 is 5.13. The molecule has 14 heavy (non-hydrogen) atoms. The van der Waals surface area contributed by atoms with E-state index in [2.05, 4.69) is 22.3 Å². The highest BCUT2D eigenvalue weighted by molar-refractivity contribution is 5.47. The Morgan fingerprint density at radius 3 is 2.64 bits per heavy atom. The van der Waals surface area contributed by atoms with Crippen LogP contribution in [-0.4, -0.2) is 17.1 Å². The third kappa shape index (κ3) is 2.11. The van der Waals surface area contributed by atoms with Crippen molar-refractivity contribution < 1.29 is 4.74 Å². The molecule has 5 heteroatoms. The fraction of sp³-hybridized carbons (Fsp3) is 0.556. The maximum Gasteiger partial charge on any atom is 0.221 e. The van der Waals surface area contributed by atoms with Gasteiger partial charge in [0, 0.05) is 6.42 Å². The number of nitrogens with zero attached hydrogens (tertiary/aromatic N) is 2. The van der Waals surface area contributed by atoms with E-state index in [1.54, 1.807) is 7.11 Å². The molecule has 0 atom stereocenters. The summed E-state index contributed by atoms with van der Waals surface area (Å²) in [6.45, 7) is 3.94. The van der Waals surface area contributed by atoms with E-state index in [4.69, 9.17) is 10.6 Å². The molecule has 3 N–H and O–H groups in total. The highest BCUT2D eigenvalue weighted by Gasteiger charge is 2.09.